The fourth-order valence-electron chi connectivity index (χ4n) is 2.69. The Hall–Kier alpha value is -2.91. The molecule has 1 aromatic heterocycles. The molecular weight excluding hydrogens is 418 g/mol. The number of benzene rings is 2. The molecule has 0 aliphatic heterocycles. The zero-order valence-electron chi connectivity index (χ0n) is 17.0. The summed E-state index contributed by atoms with van der Waals surface area (Å²) in [6.07, 6.45) is 0.916. The van der Waals surface area contributed by atoms with Crippen molar-refractivity contribution in [1.29, 1.82) is 0 Å². The predicted octanol–water partition coefficient (Wildman–Crippen LogP) is 4.01. The van der Waals surface area contributed by atoms with Gasteiger partial charge < -0.3 is 5.32 Å². The summed E-state index contributed by atoms with van der Waals surface area (Å²) < 4.78 is 0.671. The second-order valence-corrected chi connectivity index (χ2v) is 8.82. The van der Waals surface area contributed by atoms with Crippen LogP contribution in [0.3, 0.4) is 0 Å². The molecule has 2 aromatic carbocycles. The van der Waals surface area contributed by atoms with Crippen molar-refractivity contribution in [1.82, 2.24) is 21.0 Å². The maximum absolute atomic E-state index is 12.0. The van der Waals surface area contributed by atoms with Crippen LogP contribution in [0, 0.1) is 13.8 Å². The number of hydrazine groups is 1. The predicted molar refractivity (Wildman–Crippen MR) is 121 cm³/mol. The van der Waals surface area contributed by atoms with Gasteiger partial charge in [-0.2, -0.15) is 0 Å². The minimum Gasteiger partial charge on any atom is -0.330 e. The van der Waals surface area contributed by atoms with Gasteiger partial charge in [-0.05, 0) is 43.5 Å². The van der Waals surface area contributed by atoms with E-state index >= 15 is 0 Å². The van der Waals surface area contributed by atoms with Crippen LogP contribution in [0.1, 0.15) is 34.0 Å². The van der Waals surface area contributed by atoms with Crippen LogP contribution in [0.5, 0.6) is 0 Å². The fraction of sp³-hybridized carbons (Fsp3) is 0.238. The molecule has 3 N–H and O–H groups in total. The normalized spacial score (nSPS) is 10.5. The molecule has 30 heavy (non-hydrogen) atoms. The molecular formula is C21H23N5O2S2. The molecule has 0 bridgehead atoms. The number of nitrogens with one attached hydrogen (secondary N) is 3. The van der Waals surface area contributed by atoms with Crippen LogP contribution in [-0.4, -0.2) is 27.8 Å². The van der Waals surface area contributed by atoms with Crippen molar-refractivity contribution >= 4 is 45.7 Å². The maximum atomic E-state index is 12.0. The van der Waals surface area contributed by atoms with Gasteiger partial charge in [-0.15, -0.1) is 10.2 Å². The van der Waals surface area contributed by atoms with Gasteiger partial charge in [0.2, 0.25) is 11.0 Å². The van der Waals surface area contributed by atoms with Crippen molar-refractivity contribution in [2.24, 2.45) is 0 Å². The molecule has 156 valence electrons. The number of hydrogen-bond donors (Lipinski definition) is 3. The number of hydrogen-bond acceptors (Lipinski definition) is 7. The third-order valence-electron chi connectivity index (χ3n) is 4.33. The van der Waals surface area contributed by atoms with Crippen molar-refractivity contribution in [3.63, 3.8) is 0 Å². The second kappa shape index (κ2) is 10.2. The van der Waals surface area contributed by atoms with Crippen LogP contribution in [0.25, 0.3) is 0 Å². The van der Waals surface area contributed by atoms with Gasteiger partial charge >= 0.3 is 0 Å². The summed E-state index contributed by atoms with van der Waals surface area (Å²) in [5.74, 6) is -0.564. The first-order chi connectivity index (χ1) is 14.5. The molecule has 0 saturated carbocycles. The summed E-state index contributed by atoms with van der Waals surface area (Å²) in [6.45, 7) is 6.10. The topological polar surface area (TPSA) is 96.0 Å². The molecule has 3 rings (SSSR count). The van der Waals surface area contributed by atoms with Gasteiger partial charge in [0, 0.05) is 11.3 Å². The SMILES string of the molecule is CCc1cccc(C)c1Nc1nnc(SCC(=O)NNC(=O)c2ccc(C)cc2)s1. The lowest BCUT2D eigenvalue weighted by Crippen LogP contribution is -2.42. The Kier molecular flexibility index (Phi) is 7.42. The first kappa shape index (κ1) is 21.8. The van der Waals surface area contributed by atoms with Crippen molar-refractivity contribution in [2.45, 2.75) is 31.5 Å². The van der Waals surface area contributed by atoms with E-state index in [4.69, 9.17) is 0 Å². The Balaban J connectivity index is 1.49. The Morgan fingerprint density at radius 2 is 1.80 bits per heavy atom. The van der Waals surface area contributed by atoms with Crippen LogP contribution >= 0.6 is 23.1 Å². The molecule has 0 saturated heterocycles. The van der Waals surface area contributed by atoms with Gasteiger partial charge in [0.05, 0.1) is 5.75 Å². The number of aryl methyl sites for hydroxylation is 3. The van der Waals surface area contributed by atoms with Crippen molar-refractivity contribution in [2.75, 3.05) is 11.1 Å². The number of anilines is 2. The minimum absolute atomic E-state index is 0.118. The third-order valence-corrected chi connectivity index (χ3v) is 6.31. The molecule has 2 amide bonds. The zero-order chi connectivity index (χ0) is 21.5. The highest BCUT2D eigenvalue weighted by molar-refractivity contribution is 8.01. The van der Waals surface area contributed by atoms with E-state index in [1.54, 1.807) is 12.1 Å². The van der Waals surface area contributed by atoms with Gasteiger partial charge in [-0.25, -0.2) is 0 Å². The van der Waals surface area contributed by atoms with E-state index in [-0.39, 0.29) is 17.6 Å². The van der Waals surface area contributed by atoms with Crippen molar-refractivity contribution in [3.05, 3.63) is 64.7 Å². The average molecular weight is 442 g/mol. The molecule has 3 aromatic rings. The number of carbonyl (C=O) groups excluding carboxylic acids is 2. The van der Waals surface area contributed by atoms with E-state index in [1.807, 2.05) is 38.1 Å². The number of nitrogens with zero attached hydrogens (tertiary/aromatic N) is 2. The summed E-state index contributed by atoms with van der Waals surface area (Å²) >= 11 is 2.65. The van der Waals surface area contributed by atoms with Crippen LogP contribution in [0.15, 0.2) is 46.8 Å². The quantitative estimate of drug-likeness (QED) is 0.379. The van der Waals surface area contributed by atoms with Crippen molar-refractivity contribution in [3.8, 4) is 0 Å². The summed E-state index contributed by atoms with van der Waals surface area (Å²) in [7, 11) is 0. The number of carbonyl (C=O) groups is 2. The van der Waals surface area contributed by atoms with Crippen LogP contribution in [0.2, 0.25) is 0 Å². The first-order valence-corrected chi connectivity index (χ1v) is 11.2. The number of thioether (sulfide) groups is 1. The molecule has 0 aliphatic rings. The minimum atomic E-state index is -0.360. The van der Waals surface area contributed by atoms with Gasteiger partial charge in [-0.3, -0.25) is 20.4 Å². The Labute approximate surface area is 183 Å². The number of aromatic nitrogens is 2. The van der Waals surface area contributed by atoms with Gasteiger partial charge in [0.25, 0.3) is 5.91 Å². The summed E-state index contributed by atoms with van der Waals surface area (Å²) in [6, 6.07) is 13.3. The largest absolute Gasteiger partial charge is 0.330 e. The van der Waals surface area contributed by atoms with E-state index in [1.165, 1.54) is 28.7 Å². The molecule has 0 spiro atoms. The van der Waals surface area contributed by atoms with E-state index in [0.29, 0.717) is 15.0 Å². The highest BCUT2D eigenvalue weighted by Crippen LogP contribution is 2.30. The molecule has 0 unspecified atom stereocenters. The van der Waals surface area contributed by atoms with E-state index in [0.717, 1.165) is 23.2 Å². The van der Waals surface area contributed by atoms with Crippen LogP contribution in [-0.2, 0) is 11.2 Å². The molecule has 0 atom stereocenters. The number of amides is 2. The van der Waals surface area contributed by atoms with Crippen LogP contribution in [0.4, 0.5) is 10.8 Å². The molecule has 0 fully saturated rings. The highest BCUT2D eigenvalue weighted by Gasteiger charge is 2.12. The zero-order valence-corrected chi connectivity index (χ0v) is 18.6. The van der Waals surface area contributed by atoms with Gasteiger partial charge in [0.15, 0.2) is 4.34 Å². The van der Waals surface area contributed by atoms with E-state index in [2.05, 4.69) is 39.4 Å². The lowest BCUT2D eigenvalue weighted by atomic mass is 10.1. The lowest BCUT2D eigenvalue weighted by Gasteiger charge is -2.11. The lowest BCUT2D eigenvalue weighted by molar-refractivity contribution is -0.119. The molecule has 0 aliphatic carbocycles. The third kappa shape index (κ3) is 5.80. The van der Waals surface area contributed by atoms with E-state index in [9.17, 15) is 9.59 Å². The Bertz CT molecular complexity index is 1030. The summed E-state index contributed by atoms with van der Waals surface area (Å²) in [5, 5.41) is 12.3. The Morgan fingerprint density at radius 3 is 2.53 bits per heavy atom. The second-order valence-electron chi connectivity index (χ2n) is 6.62. The number of para-hydroxylation sites is 1. The maximum Gasteiger partial charge on any atom is 0.269 e. The van der Waals surface area contributed by atoms with E-state index < -0.39 is 0 Å². The molecule has 0 radical (unpaired) electrons. The van der Waals surface area contributed by atoms with Gasteiger partial charge in [-0.1, -0.05) is 65.9 Å². The molecule has 7 nitrogen and oxygen atoms in total. The average Bonchev–Trinajstić information content (AvgIpc) is 3.20. The Morgan fingerprint density at radius 1 is 1.03 bits per heavy atom. The monoisotopic (exact) mass is 441 g/mol. The summed E-state index contributed by atoms with van der Waals surface area (Å²) in [4.78, 5) is 24.1. The smallest absolute Gasteiger partial charge is 0.269 e. The van der Waals surface area contributed by atoms with Crippen LogP contribution < -0.4 is 16.2 Å². The standard InChI is InChI=1S/C21H23N5O2S2/c1-4-15-7-5-6-14(3)18(15)22-20-25-26-21(30-20)29-12-17(27)23-24-19(28)16-10-8-13(2)9-11-16/h5-11H,4,12H2,1-3H3,(H,22,25)(H,23,27)(H,24,28). The first-order valence-electron chi connectivity index (χ1n) is 9.44. The summed E-state index contributed by atoms with van der Waals surface area (Å²) in [5.41, 5.74) is 9.77. The highest BCUT2D eigenvalue weighted by atomic mass is 32.2. The molecule has 9 heteroatoms. The number of rotatable bonds is 7. The fourth-order valence-corrected chi connectivity index (χ4v) is 4.25. The van der Waals surface area contributed by atoms with Crippen molar-refractivity contribution < 1.29 is 9.59 Å². The van der Waals surface area contributed by atoms with Gasteiger partial charge in [0.1, 0.15) is 0 Å². The molecule has 1 heterocycles.